The molecule has 0 atom stereocenters. The minimum atomic E-state index is -0.513. The topological polar surface area (TPSA) is 78.6 Å². The van der Waals surface area contributed by atoms with Crippen LogP contribution in [-0.4, -0.2) is 24.0 Å². The van der Waals surface area contributed by atoms with Gasteiger partial charge in [0.15, 0.2) is 0 Å². The molecule has 0 saturated heterocycles. The number of aromatic nitrogens is 1. The molecule has 0 amide bonds. The van der Waals surface area contributed by atoms with E-state index >= 15 is 0 Å². The van der Waals surface area contributed by atoms with E-state index in [0.29, 0.717) is 22.7 Å². The van der Waals surface area contributed by atoms with E-state index in [9.17, 15) is 9.59 Å². The van der Waals surface area contributed by atoms with E-state index in [0.717, 1.165) is 5.56 Å². The van der Waals surface area contributed by atoms with Crippen molar-refractivity contribution in [2.45, 2.75) is 6.61 Å². The molecule has 3 rings (SSSR count). The molecule has 0 radical (unpaired) electrons. The first-order chi connectivity index (χ1) is 12.2. The molecule has 0 spiro atoms. The Morgan fingerprint density at radius 2 is 1.60 bits per heavy atom. The van der Waals surface area contributed by atoms with Gasteiger partial charge in [0.05, 0.1) is 18.2 Å². The molecule has 1 heterocycles. The van der Waals surface area contributed by atoms with E-state index in [1.165, 1.54) is 37.6 Å². The molecule has 0 unspecified atom stereocenters. The van der Waals surface area contributed by atoms with Crippen LogP contribution in [0.4, 0.5) is 0 Å². The monoisotopic (exact) mass is 337 g/mol. The van der Waals surface area contributed by atoms with Gasteiger partial charge in [-0.05, 0) is 36.4 Å². The van der Waals surface area contributed by atoms with Gasteiger partial charge in [-0.3, -0.25) is 0 Å². The molecule has 6 heteroatoms. The first-order valence-electron chi connectivity index (χ1n) is 7.52. The zero-order valence-electron chi connectivity index (χ0n) is 13.5. The summed E-state index contributed by atoms with van der Waals surface area (Å²) in [7, 11) is 1.30. The van der Waals surface area contributed by atoms with E-state index in [-0.39, 0.29) is 6.61 Å². The molecule has 126 valence electrons. The van der Waals surface area contributed by atoms with Gasteiger partial charge in [0.25, 0.3) is 0 Å². The van der Waals surface area contributed by atoms with Crippen LogP contribution >= 0.6 is 0 Å². The molecule has 0 N–H and O–H groups in total. The van der Waals surface area contributed by atoms with Crippen LogP contribution in [0.1, 0.15) is 26.4 Å². The summed E-state index contributed by atoms with van der Waals surface area (Å²) in [4.78, 5) is 27.7. The highest BCUT2D eigenvalue weighted by atomic mass is 16.5. The van der Waals surface area contributed by atoms with Crippen molar-refractivity contribution in [3.05, 3.63) is 77.7 Å². The highest BCUT2D eigenvalue weighted by Gasteiger charge is 2.12. The van der Waals surface area contributed by atoms with E-state index in [2.05, 4.69) is 9.72 Å². The molecule has 0 fully saturated rings. The van der Waals surface area contributed by atoms with Crippen molar-refractivity contribution in [1.82, 2.24) is 4.98 Å². The molecule has 2 aromatic carbocycles. The van der Waals surface area contributed by atoms with Crippen molar-refractivity contribution >= 4 is 11.9 Å². The number of ether oxygens (including phenoxy) is 2. The Hall–Kier alpha value is -3.41. The lowest BCUT2D eigenvalue weighted by Crippen LogP contribution is -2.07. The molecule has 0 saturated carbocycles. The molecule has 0 aliphatic heterocycles. The third kappa shape index (κ3) is 3.92. The molecule has 6 nitrogen and oxygen atoms in total. The molecule has 0 aliphatic carbocycles. The summed E-state index contributed by atoms with van der Waals surface area (Å²) in [5.74, 6) is -0.509. The van der Waals surface area contributed by atoms with Crippen molar-refractivity contribution in [2.24, 2.45) is 0 Å². The highest BCUT2D eigenvalue weighted by Crippen LogP contribution is 2.18. The third-order valence-electron chi connectivity index (χ3n) is 3.47. The van der Waals surface area contributed by atoms with Crippen LogP contribution in [0.3, 0.4) is 0 Å². The molecule has 3 aromatic rings. The third-order valence-corrected chi connectivity index (χ3v) is 3.47. The summed E-state index contributed by atoms with van der Waals surface area (Å²) in [5, 5.41) is 0. The molecular weight excluding hydrogens is 322 g/mol. The fraction of sp³-hybridized carbons (Fsp3) is 0.105. The number of esters is 2. The van der Waals surface area contributed by atoms with Crippen molar-refractivity contribution in [2.75, 3.05) is 7.11 Å². The molecule has 1 aromatic heterocycles. The molecule has 25 heavy (non-hydrogen) atoms. The summed E-state index contributed by atoms with van der Waals surface area (Å²) in [6, 6.07) is 15.5. The lowest BCUT2D eigenvalue weighted by atomic mass is 10.1. The van der Waals surface area contributed by atoms with Crippen molar-refractivity contribution in [3.8, 4) is 11.5 Å². The Morgan fingerprint density at radius 3 is 2.24 bits per heavy atom. The van der Waals surface area contributed by atoms with Gasteiger partial charge >= 0.3 is 11.9 Å². The Balaban J connectivity index is 1.61. The van der Waals surface area contributed by atoms with E-state index in [1.54, 1.807) is 0 Å². The van der Waals surface area contributed by atoms with Crippen LogP contribution in [0.5, 0.6) is 0 Å². The summed E-state index contributed by atoms with van der Waals surface area (Å²) >= 11 is 0. The van der Waals surface area contributed by atoms with E-state index < -0.39 is 11.9 Å². The van der Waals surface area contributed by atoms with E-state index in [1.807, 2.05) is 30.3 Å². The van der Waals surface area contributed by atoms with Gasteiger partial charge in [0.1, 0.15) is 18.6 Å². The molecule has 0 aliphatic rings. The van der Waals surface area contributed by atoms with Crippen molar-refractivity contribution in [3.63, 3.8) is 0 Å². The van der Waals surface area contributed by atoms with Crippen molar-refractivity contribution in [1.29, 1.82) is 0 Å². The van der Waals surface area contributed by atoms with Crippen LogP contribution in [-0.2, 0) is 16.1 Å². The maximum Gasteiger partial charge on any atom is 0.338 e. The first-order valence-corrected chi connectivity index (χ1v) is 7.52. The van der Waals surface area contributed by atoms with E-state index in [4.69, 9.17) is 9.15 Å². The second-order valence-electron chi connectivity index (χ2n) is 5.16. The fourth-order valence-corrected chi connectivity index (χ4v) is 2.17. The zero-order chi connectivity index (χ0) is 17.6. The minimum Gasteiger partial charge on any atom is -0.465 e. The average molecular weight is 337 g/mol. The number of oxazole rings is 1. The van der Waals surface area contributed by atoms with Gasteiger partial charge in [-0.25, -0.2) is 14.6 Å². The summed E-state index contributed by atoms with van der Waals surface area (Å²) in [6.07, 6.45) is 1.45. The number of benzene rings is 2. The number of carbonyl (C=O) groups excluding carboxylic acids is 2. The summed E-state index contributed by atoms with van der Waals surface area (Å²) in [6.45, 7) is -0.00603. The van der Waals surface area contributed by atoms with Gasteiger partial charge in [-0.2, -0.15) is 0 Å². The predicted octanol–water partition coefficient (Wildman–Crippen LogP) is 3.49. The van der Waals surface area contributed by atoms with Crippen LogP contribution in [0.2, 0.25) is 0 Å². The largest absolute Gasteiger partial charge is 0.465 e. The fourth-order valence-electron chi connectivity index (χ4n) is 2.17. The summed E-state index contributed by atoms with van der Waals surface area (Å²) < 4.78 is 15.2. The molecular formula is C19H15NO5. The van der Waals surface area contributed by atoms with Crippen LogP contribution in [0.15, 0.2) is 65.3 Å². The SMILES string of the molecule is COC(=O)c1ccc(C(=O)OCc2coc(-c3ccccc3)n2)cc1. The normalized spacial score (nSPS) is 10.3. The quantitative estimate of drug-likeness (QED) is 0.663. The second-order valence-corrected chi connectivity index (χ2v) is 5.16. The van der Waals surface area contributed by atoms with Gasteiger partial charge < -0.3 is 13.9 Å². The van der Waals surface area contributed by atoms with Gasteiger partial charge in [-0.1, -0.05) is 18.2 Å². The Kier molecular flexibility index (Phi) is 4.89. The van der Waals surface area contributed by atoms with Crippen molar-refractivity contribution < 1.29 is 23.5 Å². The Morgan fingerprint density at radius 1 is 0.960 bits per heavy atom. The lowest BCUT2D eigenvalue weighted by Gasteiger charge is -2.03. The lowest BCUT2D eigenvalue weighted by molar-refractivity contribution is 0.0466. The average Bonchev–Trinajstić information content (AvgIpc) is 3.15. The highest BCUT2D eigenvalue weighted by molar-refractivity contribution is 5.93. The standard InChI is InChI=1S/C19H15NO5/c1-23-18(21)14-7-9-15(10-8-14)19(22)25-12-16-11-24-17(20-16)13-5-3-2-4-6-13/h2-11H,12H2,1H3. The number of hydrogen-bond acceptors (Lipinski definition) is 6. The Labute approximate surface area is 144 Å². The number of methoxy groups -OCH3 is 1. The Bertz CT molecular complexity index is 868. The first kappa shape index (κ1) is 16.4. The smallest absolute Gasteiger partial charge is 0.338 e. The minimum absolute atomic E-state index is 0.00603. The number of hydrogen-bond donors (Lipinski definition) is 0. The van der Waals surface area contributed by atoms with Crippen LogP contribution in [0, 0.1) is 0 Å². The van der Waals surface area contributed by atoms with Gasteiger partial charge in [-0.15, -0.1) is 0 Å². The zero-order valence-corrected chi connectivity index (χ0v) is 13.5. The number of nitrogens with zero attached hydrogens (tertiary/aromatic N) is 1. The maximum atomic E-state index is 12.0. The maximum absolute atomic E-state index is 12.0. The van der Waals surface area contributed by atoms with Gasteiger partial charge in [0, 0.05) is 5.56 Å². The molecule has 0 bridgehead atoms. The van der Waals surface area contributed by atoms with Gasteiger partial charge in [0.2, 0.25) is 5.89 Å². The predicted molar refractivity (Wildman–Crippen MR) is 88.8 cm³/mol. The van der Waals surface area contributed by atoms with Crippen LogP contribution < -0.4 is 0 Å². The summed E-state index contributed by atoms with van der Waals surface area (Å²) in [5.41, 5.74) is 2.05. The number of carbonyl (C=O) groups is 2. The number of rotatable bonds is 5. The second kappa shape index (κ2) is 7.44. The van der Waals surface area contributed by atoms with Crippen LogP contribution in [0.25, 0.3) is 11.5 Å².